The highest BCUT2D eigenvalue weighted by atomic mass is 33.1. The first-order valence-corrected chi connectivity index (χ1v) is 16.7. The van der Waals surface area contributed by atoms with Crippen LogP contribution in [0.3, 0.4) is 0 Å². The number of nitrogens with one attached hydrogen (secondary N) is 3. The molecule has 0 atom stereocenters. The predicted octanol–water partition coefficient (Wildman–Crippen LogP) is 5.39. The van der Waals surface area contributed by atoms with Gasteiger partial charge in [0.15, 0.2) is 12.3 Å². The van der Waals surface area contributed by atoms with E-state index in [1.807, 2.05) is 18.2 Å². The van der Waals surface area contributed by atoms with Crippen LogP contribution in [0.1, 0.15) is 69.4 Å². The highest BCUT2D eigenvalue weighted by molar-refractivity contribution is 8.76. The third-order valence-corrected chi connectivity index (χ3v) is 10.4. The van der Waals surface area contributed by atoms with Gasteiger partial charge in [0, 0.05) is 66.6 Å². The summed E-state index contributed by atoms with van der Waals surface area (Å²) in [4.78, 5) is 12.8. The van der Waals surface area contributed by atoms with Crippen molar-refractivity contribution in [2.45, 2.75) is 58.8 Å². The summed E-state index contributed by atoms with van der Waals surface area (Å²) in [5.74, 6) is 1.74. The van der Waals surface area contributed by atoms with E-state index in [-0.39, 0.29) is 30.0 Å². The van der Waals surface area contributed by atoms with Crippen LogP contribution in [0.5, 0.6) is 0 Å². The van der Waals surface area contributed by atoms with E-state index in [9.17, 15) is 15.0 Å². The Morgan fingerprint density at radius 1 is 0.975 bits per heavy atom. The van der Waals surface area contributed by atoms with Gasteiger partial charge in [-0.05, 0) is 61.6 Å². The van der Waals surface area contributed by atoms with Crippen molar-refractivity contribution in [2.24, 2.45) is 0 Å². The lowest BCUT2D eigenvalue weighted by atomic mass is 9.80. The first kappa shape index (κ1) is 32.3. The molecule has 1 amide bonds. The summed E-state index contributed by atoms with van der Waals surface area (Å²) in [5, 5.41) is 28.5. The van der Waals surface area contributed by atoms with Crippen molar-refractivity contribution in [1.29, 1.82) is 0 Å². The van der Waals surface area contributed by atoms with E-state index in [0.717, 1.165) is 41.4 Å². The Kier molecular flexibility index (Phi) is 11.8. The van der Waals surface area contributed by atoms with Crippen molar-refractivity contribution in [1.82, 2.24) is 5.32 Å². The molecular weight excluding hydrogens is 541 g/mol. The number of anilines is 2. The van der Waals surface area contributed by atoms with Crippen LogP contribution in [0.15, 0.2) is 36.4 Å². The average Bonchev–Trinajstić information content (AvgIpc) is 3.13. The van der Waals surface area contributed by atoms with Gasteiger partial charge in [0.05, 0.1) is 12.0 Å². The second-order valence-corrected chi connectivity index (χ2v) is 14.0. The van der Waals surface area contributed by atoms with Crippen molar-refractivity contribution in [3.63, 3.8) is 0 Å². The van der Waals surface area contributed by atoms with Crippen molar-refractivity contribution in [3.05, 3.63) is 53.1 Å². The van der Waals surface area contributed by atoms with Crippen LogP contribution in [-0.2, 0) is 10.8 Å². The Labute approximate surface area is 248 Å². The number of rotatable bonds is 16. The summed E-state index contributed by atoms with van der Waals surface area (Å²) in [7, 11) is 3.57. The second kappa shape index (κ2) is 14.6. The lowest BCUT2D eigenvalue weighted by molar-refractivity contribution is -0.442. The number of carbonyl (C=O) groups excluding carboxylic acids is 1. The van der Waals surface area contributed by atoms with E-state index in [1.54, 1.807) is 21.6 Å². The molecule has 3 rings (SSSR count). The summed E-state index contributed by atoms with van der Waals surface area (Å²) in [6, 6.07) is 12.3. The maximum Gasteiger partial charge on any atom is 0.251 e. The van der Waals surface area contributed by atoms with Crippen LogP contribution in [0.25, 0.3) is 0 Å². The molecule has 40 heavy (non-hydrogen) atoms. The molecule has 1 heterocycles. The number of hydrogen-bond donors (Lipinski definition) is 5. The molecule has 0 bridgehead atoms. The number of hydrogen-bond acceptors (Lipinski definition) is 7. The lowest BCUT2D eigenvalue weighted by Gasteiger charge is -2.27. The monoisotopic (exact) mass is 587 g/mol. The Hall–Kier alpha value is -2.20. The zero-order valence-corrected chi connectivity index (χ0v) is 26.5. The van der Waals surface area contributed by atoms with Crippen molar-refractivity contribution in [2.75, 3.05) is 61.5 Å². The molecule has 0 aliphatic carbocycles. The normalized spacial score (nSPS) is 14.3. The highest BCUT2D eigenvalue weighted by Gasteiger charge is 2.42. The third-order valence-electron chi connectivity index (χ3n) is 7.98. The first-order chi connectivity index (χ1) is 19.1. The van der Waals surface area contributed by atoms with Crippen LogP contribution in [0.2, 0.25) is 0 Å². The van der Waals surface area contributed by atoms with Gasteiger partial charge in [-0.3, -0.25) is 4.79 Å². The number of carbonyl (C=O) groups is 1. The minimum absolute atomic E-state index is 0.0517. The van der Waals surface area contributed by atoms with Crippen LogP contribution < -0.4 is 16.0 Å². The fourth-order valence-corrected chi connectivity index (χ4v) is 6.74. The number of benzene rings is 2. The fourth-order valence-electron chi connectivity index (χ4n) is 4.93. The van der Waals surface area contributed by atoms with Crippen molar-refractivity contribution >= 4 is 50.3 Å². The number of amides is 1. The lowest BCUT2D eigenvalue weighted by Crippen LogP contribution is -2.27. The Balaban J connectivity index is 1.41. The molecule has 7 nitrogen and oxygen atoms in total. The average molecular weight is 588 g/mol. The first-order valence-electron chi connectivity index (χ1n) is 14.2. The maximum atomic E-state index is 12.8. The predicted molar refractivity (Wildman–Crippen MR) is 173 cm³/mol. The summed E-state index contributed by atoms with van der Waals surface area (Å²) in [6.45, 7) is 15.9. The zero-order chi connectivity index (χ0) is 29.3. The largest absolute Gasteiger partial charge is 0.395 e. The van der Waals surface area contributed by atoms with Gasteiger partial charge in [-0.2, -0.15) is 4.58 Å². The highest BCUT2D eigenvalue weighted by Crippen LogP contribution is 2.40. The molecule has 0 saturated carbocycles. The van der Waals surface area contributed by atoms with Crippen molar-refractivity contribution in [3.8, 4) is 0 Å². The molecule has 2 aromatic carbocycles. The van der Waals surface area contributed by atoms with Gasteiger partial charge in [0.1, 0.15) is 6.61 Å². The van der Waals surface area contributed by atoms with Gasteiger partial charge in [0.2, 0.25) is 5.69 Å². The van der Waals surface area contributed by atoms with Gasteiger partial charge >= 0.3 is 0 Å². The van der Waals surface area contributed by atoms with Crippen molar-refractivity contribution < 1.29 is 19.6 Å². The van der Waals surface area contributed by atoms with Crippen LogP contribution in [-0.4, -0.2) is 77.3 Å². The van der Waals surface area contributed by atoms with Gasteiger partial charge < -0.3 is 26.2 Å². The number of nitrogens with zero attached hydrogens (tertiary/aromatic N) is 1. The van der Waals surface area contributed by atoms with E-state index >= 15 is 0 Å². The smallest absolute Gasteiger partial charge is 0.251 e. The zero-order valence-electron chi connectivity index (χ0n) is 24.9. The van der Waals surface area contributed by atoms with Gasteiger partial charge in [-0.1, -0.05) is 42.4 Å². The van der Waals surface area contributed by atoms with Crippen LogP contribution in [0, 0.1) is 0 Å². The molecule has 0 spiro atoms. The standard InChI is InChI=1S/C31H46N4O3S2/c1-7-30(3,4)25-20-23(8-10-27(25)33-12-16-36)29(38)34-14-19-40-39-18-13-32-24-9-11-28-26(21-24)31(5,6)22(2)35(28)15-17-37/h8-11,20-21,32,36-37H,7,12-19H2,1-6H3,(H-,33,34,38)/p+1. The summed E-state index contributed by atoms with van der Waals surface area (Å²) < 4.78 is 2.22. The van der Waals surface area contributed by atoms with E-state index in [2.05, 4.69) is 80.3 Å². The molecule has 0 fully saturated rings. The molecule has 1 aliphatic heterocycles. The number of aliphatic hydroxyl groups excluding tert-OH is 2. The quantitative estimate of drug-likeness (QED) is 0.102. The molecular formula is C31H47N4O3S2+. The van der Waals surface area contributed by atoms with Gasteiger partial charge in [-0.15, -0.1) is 0 Å². The van der Waals surface area contributed by atoms with Crippen LogP contribution in [0.4, 0.5) is 17.1 Å². The molecule has 9 heteroatoms. The topological polar surface area (TPSA) is 96.6 Å². The molecule has 2 aromatic rings. The molecule has 1 aliphatic rings. The number of fused-ring (bicyclic) bond motifs is 1. The minimum atomic E-state index is -0.0811. The Morgan fingerprint density at radius 2 is 1.70 bits per heavy atom. The summed E-state index contributed by atoms with van der Waals surface area (Å²) in [5.41, 5.74) is 7.46. The van der Waals surface area contributed by atoms with E-state index in [0.29, 0.717) is 25.2 Å². The third kappa shape index (κ3) is 7.75. The second-order valence-electron chi connectivity index (χ2n) is 11.3. The van der Waals surface area contributed by atoms with E-state index in [1.165, 1.54) is 17.0 Å². The van der Waals surface area contributed by atoms with E-state index in [4.69, 9.17) is 0 Å². The molecule has 0 saturated heterocycles. The molecule has 0 aromatic heterocycles. The summed E-state index contributed by atoms with van der Waals surface area (Å²) >= 11 is 0. The van der Waals surface area contributed by atoms with Crippen LogP contribution >= 0.6 is 21.6 Å². The van der Waals surface area contributed by atoms with Gasteiger partial charge in [-0.25, -0.2) is 0 Å². The molecule has 0 radical (unpaired) electrons. The van der Waals surface area contributed by atoms with Gasteiger partial charge in [0.25, 0.3) is 5.91 Å². The number of β-amino-alcohol motifs (C(OH)–C–C–N with tert-alkyl or cyclic N) is 1. The molecule has 5 N–H and O–H groups in total. The summed E-state index contributed by atoms with van der Waals surface area (Å²) in [6.07, 6.45) is 0.945. The Bertz CT molecular complexity index is 1200. The SMILES string of the molecule is CCC(C)(C)c1cc(C(=O)NCCSSCCNc2ccc3c(c2)C(C)(C)C(C)=[N+]3CCO)ccc1NCCO. The molecule has 220 valence electrons. The maximum absolute atomic E-state index is 12.8. The fraction of sp³-hybridized carbons (Fsp3) is 0.548. The van der Waals surface area contributed by atoms with E-state index < -0.39 is 0 Å². The Morgan fingerprint density at radius 3 is 2.38 bits per heavy atom. The molecule has 0 unspecified atom stereocenters. The number of aliphatic hydroxyl groups is 2. The minimum Gasteiger partial charge on any atom is -0.395 e.